The Labute approximate surface area is 150 Å². The minimum Gasteiger partial charge on any atom is -0.336 e. The van der Waals surface area contributed by atoms with Crippen molar-refractivity contribution in [2.45, 2.75) is 19.9 Å². The summed E-state index contributed by atoms with van der Waals surface area (Å²) in [7, 11) is 0. The Hall–Kier alpha value is -2.80. The molecular formula is C19H19FN4O2. The zero-order valence-electron chi connectivity index (χ0n) is 14.6. The van der Waals surface area contributed by atoms with Gasteiger partial charge in [0.05, 0.1) is 22.7 Å². The average molecular weight is 354 g/mol. The molecule has 2 aromatic heterocycles. The zero-order chi connectivity index (χ0) is 18.3. The van der Waals surface area contributed by atoms with Crippen LogP contribution in [-0.2, 0) is 0 Å². The van der Waals surface area contributed by atoms with Gasteiger partial charge >= 0.3 is 0 Å². The van der Waals surface area contributed by atoms with Gasteiger partial charge in [-0.15, -0.1) is 0 Å². The molecule has 1 unspecified atom stereocenters. The predicted molar refractivity (Wildman–Crippen MR) is 94.3 cm³/mol. The number of piperazine rings is 1. The van der Waals surface area contributed by atoms with E-state index in [9.17, 15) is 9.18 Å². The fraction of sp³-hybridized carbons (Fsp3) is 0.316. The number of aromatic nitrogens is 2. The molecule has 26 heavy (non-hydrogen) atoms. The molecule has 6 nitrogen and oxygen atoms in total. The molecule has 0 spiro atoms. The number of hydrogen-bond donors (Lipinski definition) is 1. The molecule has 1 amide bonds. The molecule has 0 saturated carbocycles. The summed E-state index contributed by atoms with van der Waals surface area (Å²) in [5, 5.41) is 7.86. The number of nitrogens with one attached hydrogen (secondary N) is 1. The van der Waals surface area contributed by atoms with E-state index in [-0.39, 0.29) is 17.8 Å². The van der Waals surface area contributed by atoms with Crippen LogP contribution < -0.4 is 5.32 Å². The number of rotatable bonds is 2. The molecule has 1 fully saturated rings. The lowest BCUT2D eigenvalue weighted by Crippen LogP contribution is -2.48. The Morgan fingerprint density at radius 1 is 1.35 bits per heavy atom. The van der Waals surface area contributed by atoms with Gasteiger partial charge < -0.3 is 14.7 Å². The van der Waals surface area contributed by atoms with Gasteiger partial charge in [0, 0.05) is 25.3 Å². The molecule has 3 aromatic rings. The molecule has 7 heteroatoms. The van der Waals surface area contributed by atoms with Gasteiger partial charge in [0.15, 0.2) is 0 Å². The van der Waals surface area contributed by atoms with E-state index in [0.29, 0.717) is 47.7 Å². The van der Waals surface area contributed by atoms with Crippen molar-refractivity contribution in [3.05, 3.63) is 58.7 Å². The van der Waals surface area contributed by atoms with Crippen LogP contribution in [-0.4, -0.2) is 40.6 Å². The van der Waals surface area contributed by atoms with Gasteiger partial charge in [-0.25, -0.2) is 9.37 Å². The molecule has 1 saturated heterocycles. The third-order valence-electron chi connectivity index (χ3n) is 4.71. The SMILES string of the molecule is Cc1cc(C(=O)N2CCNCC2c2cccc(F)c2)c2c(C)noc2n1. The van der Waals surface area contributed by atoms with Gasteiger partial charge in [0.25, 0.3) is 11.6 Å². The van der Waals surface area contributed by atoms with Crippen LogP contribution in [0.3, 0.4) is 0 Å². The summed E-state index contributed by atoms with van der Waals surface area (Å²) >= 11 is 0. The standard InChI is InChI=1S/C19H19FN4O2/c1-11-8-15(17-12(2)23-26-18(17)22-11)19(25)24-7-6-21-10-16(24)13-4-3-5-14(20)9-13/h3-5,8-9,16,21H,6-7,10H2,1-2H3. The molecule has 3 heterocycles. The van der Waals surface area contributed by atoms with Crippen LogP contribution in [0.25, 0.3) is 11.1 Å². The molecule has 134 valence electrons. The van der Waals surface area contributed by atoms with Crippen LogP contribution in [0, 0.1) is 19.7 Å². The summed E-state index contributed by atoms with van der Waals surface area (Å²) in [6.07, 6.45) is 0. The molecule has 1 aliphatic rings. The minimum atomic E-state index is -0.308. The number of amides is 1. The minimum absolute atomic E-state index is 0.123. The number of fused-ring (bicyclic) bond motifs is 1. The first-order valence-electron chi connectivity index (χ1n) is 8.55. The van der Waals surface area contributed by atoms with Crippen molar-refractivity contribution in [1.29, 1.82) is 0 Å². The summed E-state index contributed by atoms with van der Waals surface area (Å²) in [6.45, 7) is 5.41. The third kappa shape index (κ3) is 2.84. The molecule has 0 bridgehead atoms. The largest absolute Gasteiger partial charge is 0.336 e. The first-order valence-corrected chi connectivity index (χ1v) is 8.55. The van der Waals surface area contributed by atoms with Crippen molar-refractivity contribution in [3.63, 3.8) is 0 Å². The quantitative estimate of drug-likeness (QED) is 0.766. The first-order chi connectivity index (χ1) is 12.5. The number of benzene rings is 1. The fourth-order valence-electron chi connectivity index (χ4n) is 3.50. The van der Waals surface area contributed by atoms with Crippen molar-refractivity contribution in [2.75, 3.05) is 19.6 Å². The van der Waals surface area contributed by atoms with Crippen molar-refractivity contribution in [1.82, 2.24) is 20.4 Å². The van der Waals surface area contributed by atoms with E-state index in [1.54, 1.807) is 24.0 Å². The van der Waals surface area contributed by atoms with Gasteiger partial charge in [-0.1, -0.05) is 17.3 Å². The van der Waals surface area contributed by atoms with E-state index < -0.39 is 0 Å². The van der Waals surface area contributed by atoms with E-state index >= 15 is 0 Å². The molecule has 0 radical (unpaired) electrons. The van der Waals surface area contributed by atoms with E-state index in [2.05, 4.69) is 15.5 Å². The second kappa shape index (κ2) is 6.49. The number of nitrogens with zero attached hydrogens (tertiary/aromatic N) is 3. The second-order valence-electron chi connectivity index (χ2n) is 6.53. The summed E-state index contributed by atoms with van der Waals surface area (Å²) in [4.78, 5) is 19.5. The number of hydrogen-bond acceptors (Lipinski definition) is 5. The van der Waals surface area contributed by atoms with E-state index in [0.717, 1.165) is 5.56 Å². The van der Waals surface area contributed by atoms with Crippen LogP contribution in [0.5, 0.6) is 0 Å². The van der Waals surface area contributed by atoms with Crippen molar-refractivity contribution in [3.8, 4) is 0 Å². The van der Waals surface area contributed by atoms with Crippen LogP contribution >= 0.6 is 0 Å². The normalized spacial score (nSPS) is 17.7. The van der Waals surface area contributed by atoms with E-state index in [1.165, 1.54) is 12.1 Å². The third-order valence-corrected chi connectivity index (χ3v) is 4.71. The maximum Gasteiger partial charge on any atom is 0.258 e. The molecular weight excluding hydrogens is 335 g/mol. The highest BCUT2D eigenvalue weighted by Gasteiger charge is 2.31. The number of carbonyl (C=O) groups excluding carboxylic acids is 1. The Kier molecular flexibility index (Phi) is 4.16. The predicted octanol–water partition coefficient (Wildman–Crippen LogP) is 2.77. The molecule has 1 aliphatic heterocycles. The average Bonchev–Trinajstić information content (AvgIpc) is 3.01. The summed E-state index contributed by atoms with van der Waals surface area (Å²) in [5.74, 6) is -0.431. The Morgan fingerprint density at radius 2 is 2.19 bits per heavy atom. The molecule has 1 N–H and O–H groups in total. The summed E-state index contributed by atoms with van der Waals surface area (Å²) in [5.41, 5.74) is 2.98. The maximum absolute atomic E-state index is 13.7. The fourth-order valence-corrected chi connectivity index (χ4v) is 3.50. The monoisotopic (exact) mass is 354 g/mol. The highest BCUT2D eigenvalue weighted by Crippen LogP contribution is 2.28. The van der Waals surface area contributed by atoms with Crippen LogP contribution in [0.2, 0.25) is 0 Å². The van der Waals surface area contributed by atoms with Crippen LogP contribution in [0.15, 0.2) is 34.9 Å². The maximum atomic E-state index is 13.7. The number of carbonyl (C=O) groups is 1. The zero-order valence-corrected chi connectivity index (χ0v) is 14.6. The number of pyridine rings is 1. The van der Waals surface area contributed by atoms with Gasteiger partial charge in [-0.3, -0.25) is 4.79 Å². The Bertz CT molecular complexity index is 985. The molecule has 1 atom stereocenters. The van der Waals surface area contributed by atoms with Crippen molar-refractivity contribution in [2.24, 2.45) is 0 Å². The van der Waals surface area contributed by atoms with Crippen molar-refractivity contribution < 1.29 is 13.7 Å². The second-order valence-corrected chi connectivity index (χ2v) is 6.53. The highest BCUT2D eigenvalue weighted by molar-refractivity contribution is 6.06. The summed E-state index contributed by atoms with van der Waals surface area (Å²) < 4.78 is 18.9. The number of aryl methyl sites for hydroxylation is 2. The lowest BCUT2D eigenvalue weighted by Gasteiger charge is -2.36. The smallest absolute Gasteiger partial charge is 0.258 e. The molecule has 0 aliphatic carbocycles. The van der Waals surface area contributed by atoms with Crippen LogP contribution in [0.1, 0.15) is 33.4 Å². The van der Waals surface area contributed by atoms with Gasteiger partial charge in [0.2, 0.25) is 0 Å². The highest BCUT2D eigenvalue weighted by atomic mass is 19.1. The summed E-state index contributed by atoms with van der Waals surface area (Å²) in [6, 6.07) is 7.92. The lowest BCUT2D eigenvalue weighted by atomic mass is 10.0. The van der Waals surface area contributed by atoms with Gasteiger partial charge in [-0.2, -0.15) is 0 Å². The molecule has 1 aromatic carbocycles. The van der Waals surface area contributed by atoms with E-state index in [1.807, 2.05) is 13.0 Å². The Balaban J connectivity index is 1.78. The number of halogens is 1. The van der Waals surface area contributed by atoms with Gasteiger partial charge in [0.1, 0.15) is 5.82 Å². The lowest BCUT2D eigenvalue weighted by molar-refractivity contribution is 0.0635. The first kappa shape index (κ1) is 16.7. The van der Waals surface area contributed by atoms with Crippen LogP contribution in [0.4, 0.5) is 4.39 Å². The van der Waals surface area contributed by atoms with E-state index in [4.69, 9.17) is 4.52 Å². The topological polar surface area (TPSA) is 71.3 Å². The van der Waals surface area contributed by atoms with Gasteiger partial charge in [-0.05, 0) is 37.6 Å². The Morgan fingerprint density at radius 3 is 3.00 bits per heavy atom. The molecule has 4 rings (SSSR count). The van der Waals surface area contributed by atoms with Crippen molar-refractivity contribution >= 4 is 17.0 Å².